The summed E-state index contributed by atoms with van der Waals surface area (Å²) in [4.78, 5) is 15.1. The number of anilines is 1. The lowest BCUT2D eigenvalue weighted by atomic mass is 10.1. The van der Waals surface area contributed by atoms with Crippen molar-refractivity contribution >= 4 is 21.6 Å². The fourth-order valence-electron chi connectivity index (χ4n) is 3.17. The summed E-state index contributed by atoms with van der Waals surface area (Å²) in [5.74, 6) is 0.280. The zero-order chi connectivity index (χ0) is 21.2. The van der Waals surface area contributed by atoms with Crippen molar-refractivity contribution in [3.8, 4) is 0 Å². The molecule has 1 aromatic carbocycles. The number of benzene rings is 1. The first-order valence-corrected chi connectivity index (χ1v) is 10.7. The molecule has 0 atom stereocenters. The van der Waals surface area contributed by atoms with Crippen molar-refractivity contribution in [2.24, 2.45) is 0 Å². The van der Waals surface area contributed by atoms with Crippen LogP contribution in [0.3, 0.4) is 0 Å². The summed E-state index contributed by atoms with van der Waals surface area (Å²) in [5.41, 5.74) is 2.51. The van der Waals surface area contributed by atoms with Gasteiger partial charge in [-0.15, -0.1) is 0 Å². The van der Waals surface area contributed by atoms with E-state index < -0.39 is 10.0 Å². The highest BCUT2D eigenvalue weighted by atomic mass is 32.2. The number of carbonyl (C=O) groups excluding carboxylic acids is 1. The molecule has 1 amide bonds. The van der Waals surface area contributed by atoms with Crippen molar-refractivity contribution in [3.05, 3.63) is 40.8 Å². The average molecular weight is 423 g/mol. The monoisotopic (exact) mass is 422 g/mol. The molecule has 1 fully saturated rings. The molecule has 2 aromatic rings. The van der Waals surface area contributed by atoms with Crippen molar-refractivity contribution in [2.75, 3.05) is 45.3 Å². The van der Waals surface area contributed by atoms with Gasteiger partial charge in [-0.2, -0.15) is 0 Å². The Bertz CT molecular complexity index is 975. The maximum Gasteiger partial charge on any atom is 0.253 e. The molecule has 0 unspecified atom stereocenters. The molecule has 3 rings (SSSR count). The number of rotatable bonds is 6. The largest absolute Gasteiger partial charge is 0.378 e. The molecular formula is C19H26N4O5S. The Kier molecular flexibility index (Phi) is 6.25. The molecule has 0 saturated carbocycles. The second-order valence-electron chi connectivity index (χ2n) is 7.05. The minimum absolute atomic E-state index is 0.0713. The minimum Gasteiger partial charge on any atom is -0.378 e. The van der Waals surface area contributed by atoms with E-state index in [0.29, 0.717) is 49.0 Å². The van der Waals surface area contributed by atoms with E-state index in [-0.39, 0.29) is 17.3 Å². The van der Waals surface area contributed by atoms with Crippen LogP contribution in [0.1, 0.15) is 27.4 Å². The fraction of sp³-hybridized carbons (Fsp3) is 0.474. The summed E-state index contributed by atoms with van der Waals surface area (Å²) >= 11 is 0. The van der Waals surface area contributed by atoms with Crippen molar-refractivity contribution in [1.82, 2.24) is 14.8 Å². The molecule has 1 N–H and O–H groups in total. The Morgan fingerprint density at radius 1 is 1.24 bits per heavy atom. The quantitative estimate of drug-likeness (QED) is 0.748. The van der Waals surface area contributed by atoms with Crippen LogP contribution in [0.2, 0.25) is 0 Å². The van der Waals surface area contributed by atoms with Gasteiger partial charge >= 0.3 is 0 Å². The third-order valence-corrected chi connectivity index (χ3v) is 6.76. The summed E-state index contributed by atoms with van der Waals surface area (Å²) in [5, 5.41) is 6.76. The SMILES string of the molecule is Cc1noc(C)c1CNC(=O)c1cc(S(=O)(=O)N(C)C)ccc1N1CCOCC1. The molecule has 10 heteroatoms. The lowest BCUT2D eigenvalue weighted by Gasteiger charge is -2.30. The van der Waals surface area contributed by atoms with Crippen LogP contribution in [0, 0.1) is 13.8 Å². The normalized spacial score (nSPS) is 15.0. The predicted octanol–water partition coefficient (Wildman–Crippen LogP) is 1.31. The minimum atomic E-state index is -3.67. The third kappa shape index (κ3) is 4.44. The number of morpholine rings is 1. The van der Waals surface area contributed by atoms with Crippen molar-refractivity contribution < 1.29 is 22.5 Å². The van der Waals surface area contributed by atoms with Crippen LogP contribution in [0.5, 0.6) is 0 Å². The number of amides is 1. The number of sulfonamides is 1. The lowest BCUT2D eigenvalue weighted by molar-refractivity contribution is 0.0949. The van der Waals surface area contributed by atoms with E-state index in [0.717, 1.165) is 9.87 Å². The van der Waals surface area contributed by atoms with Crippen LogP contribution in [0.25, 0.3) is 0 Å². The molecule has 158 valence electrons. The van der Waals surface area contributed by atoms with Gasteiger partial charge < -0.3 is 19.5 Å². The highest BCUT2D eigenvalue weighted by Gasteiger charge is 2.24. The van der Waals surface area contributed by atoms with Crippen molar-refractivity contribution in [3.63, 3.8) is 0 Å². The first-order valence-electron chi connectivity index (χ1n) is 9.31. The third-order valence-electron chi connectivity index (χ3n) is 4.95. The molecule has 0 bridgehead atoms. The molecule has 9 nitrogen and oxygen atoms in total. The van der Waals surface area contributed by atoms with Gasteiger partial charge in [0, 0.05) is 45.0 Å². The van der Waals surface area contributed by atoms with Crippen LogP contribution < -0.4 is 10.2 Å². The second-order valence-corrected chi connectivity index (χ2v) is 9.20. The summed E-state index contributed by atoms with van der Waals surface area (Å²) in [6.45, 7) is 6.20. The Labute approximate surface area is 170 Å². The number of aromatic nitrogens is 1. The number of aryl methyl sites for hydroxylation is 2. The molecule has 0 spiro atoms. The fourth-order valence-corrected chi connectivity index (χ4v) is 4.09. The van der Waals surface area contributed by atoms with Gasteiger partial charge in [0.1, 0.15) is 5.76 Å². The summed E-state index contributed by atoms with van der Waals surface area (Å²) in [7, 11) is -0.745. The molecule has 2 heterocycles. The standard InChI is InChI=1S/C19H26N4O5S/c1-13-17(14(2)28-21-13)12-20-19(24)16-11-15(29(25,26)22(3)4)5-6-18(16)23-7-9-27-10-8-23/h5-6,11H,7-10,12H2,1-4H3,(H,20,24). The first-order chi connectivity index (χ1) is 13.7. The van der Waals surface area contributed by atoms with E-state index in [2.05, 4.69) is 10.5 Å². The van der Waals surface area contributed by atoms with Gasteiger partial charge in [-0.1, -0.05) is 5.16 Å². The molecule has 0 radical (unpaired) electrons. The average Bonchev–Trinajstić information content (AvgIpc) is 3.03. The van der Waals surface area contributed by atoms with E-state index in [9.17, 15) is 13.2 Å². The molecule has 1 aromatic heterocycles. The number of nitrogens with one attached hydrogen (secondary N) is 1. The van der Waals surface area contributed by atoms with E-state index in [1.807, 2.05) is 4.90 Å². The van der Waals surface area contributed by atoms with Crippen LogP contribution in [-0.2, 0) is 21.3 Å². The van der Waals surface area contributed by atoms with Gasteiger partial charge in [-0.25, -0.2) is 12.7 Å². The Morgan fingerprint density at radius 2 is 1.93 bits per heavy atom. The molecule has 1 aliphatic heterocycles. The number of nitrogens with zero attached hydrogens (tertiary/aromatic N) is 3. The highest BCUT2D eigenvalue weighted by molar-refractivity contribution is 7.89. The summed E-state index contributed by atoms with van der Waals surface area (Å²) in [6.07, 6.45) is 0. The van der Waals surface area contributed by atoms with Crippen LogP contribution in [0.4, 0.5) is 5.69 Å². The topological polar surface area (TPSA) is 105 Å². The molecular weight excluding hydrogens is 396 g/mol. The molecule has 0 aliphatic carbocycles. The van der Waals surface area contributed by atoms with Gasteiger partial charge in [0.05, 0.1) is 29.4 Å². The Hall–Kier alpha value is -2.43. The molecule has 1 saturated heterocycles. The van der Waals surface area contributed by atoms with Crippen LogP contribution in [-0.4, -0.2) is 64.2 Å². The second kappa shape index (κ2) is 8.52. The van der Waals surface area contributed by atoms with E-state index >= 15 is 0 Å². The first kappa shape index (κ1) is 21.3. The van der Waals surface area contributed by atoms with Gasteiger partial charge in [0.15, 0.2) is 0 Å². The van der Waals surface area contributed by atoms with E-state index in [4.69, 9.17) is 9.26 Å². The number of carbonyl (C=O) groups is 1. The zero-order valence-corrected chi connectivity index (χ0v) is 17.9. The van der Waals surface area contributed by atoms with Gasteiger partial charge in [-0.3, -0.25) is 4.79 Å². The van der Waals surface area contributed by atoms with Crippen molar-refractivity contribution in [2.45, 2.75) is 25.3 Å². The van der Waals surface area contributed by atoms with Crippen LogP contribution in [0.15, 0.2) is 27.6 Å². The number of hydrogen-bond acceptors (Lipinski definition) is 7. The van der Waals surface area contributed by atoms with E-state index in [1.54, 1.807) is 19.9 Å². The highest BCUT2D eigenvalue weighted by Crippen LogP contribution is 2.26. The van der Waals surface area contributed by atoms with E-state index in [1.165, 1.54) is 26.2 Å². The smallest absolute Gasteiger partial charge is 0.253 e. The van der Waals surface area contributed by atoms with Gasteiger partial charge in [-0.05, 0) is 32.0 Å². The molecule has 29 heavy (non-hydrogen) atoms. The summed E-state index contributed by atoms with van der Waals surface area (Å²) < 4.78 is 36.8. The number of hydrogen-bond donors (Lipinski definition) is 1. The van der Waals surface area contributed by atoms with Gasteiger partial charge in [0.25, 0.3) is 5.91 Å². The molecule has 1 aliphatic rings. The predicted molar refractivity (Wildman–Crippen MR) is 107 cm³/mol. The van der Waals surface area contributed by atoms with Crippen LogP contribution >= 0.6 is 0 Å². The van der Waals surface area contributed by atoms with Gasteiger partial charge in [0.2, 0.25) is 10.0 Å². The zero-order valence-electron chi connectivity index (χ0n) is 17.1. The summed E-state index contributed by atoms with van der Waals surface area (Å²) in [6, 6.07) is 4.65. The lowest BCUT2D eigenvalue weighted by Crippen LogP contribution is -2.38. The maximum atomic E-state index is 13.0. The Balaban J connectivity index is 1.95. The maximum absolute atomic E-state index is 13.0. The Morgan fingerprint density at radius 3 is 2.52 bits per heavy atom. The van der Waals surface area contributed by atoms with Crippen molar-refractivity contribution in [1.29, 1.82) is 0 Å². The number of ether oxygens (including phenoxy) is 1.